The molecule has 3 aromatic rings. The Hall–Kier alpha value is -3.18. The van der Waals surface area contributed by atoms with Crippen LogP contribution in [-0.2, 0) is 9.53 Å². The van der Waals surface area contributed by atoms with Crippen LogP contribution >= 0.6 is 7.92 Å². The topological polar surface area (TPSA) is 75.7 Å². The lowest BCUT2D eigenvalue weighted by molar-refractivity contribution is -0.127. The van der Waals surface area contributed by atoms with Gasteiger partial charge in [-0.15, -0.1) is 0 Å². The first kappa shape index (κ1) is 27.8. The van der Waals surface area contributed by atoms with E-state index in [0.717, 1.165) is 21.7 Å². The number of amides is 1. The van der Waals surface area contributed by atoms with Crippen LogP contribution in [0, 0.1) is 20.8 Å². The fourth-order valence-corrected chi connectivity index (χ4v) is 7.59. The molecule has 4 rings (SSSR count). The third kappa shape index (κ3) is 5.94. The van der Waals surface area contributed by atoms with Crippen LogP contribution in [0.2, 0.25) is 0 Å². The number of benzene rings is 3. The summed E-state index contributed by atoms with van der Waals surface area (Å²) in [5, 5.41) is 4.65. The van der Waals surface area contributed by atoms with Gasteiger partial charge < -0.3 is 10.1 Å². The molecule has 1 atom stereocenters. The normalized spacial score (nSPS) is 14.8. The second-order valence-corrected chi connectivity index (χ2v) is 11.7. The van der Waals surface area contributed by atoms with Crippen molar-refractivity contribution >= 4 is 35.7 Å². The maximum atomic E-state index is 14.3. The van der Waals surface area contributed by atoms with Crippen LogP contribution in [0.1, 0.15) is 43.8 Å². The van der Waals surface area contributed by atoms with Gasteiger partial charge in [0.05, 0.1) is 19.3 Å². The molecule has 1 aliphatic heterocycles. The van der Waals surface area contributed by atoms with E-state index < -0.39 is 14.0 Å². The highest BCUT2D eigenvalue weighted by atomic mass is 31.1. The molecule has 198 valence electrons. The minimum Gasteiger partial charge on any atom is -0.379 e. The molecule has 1 unspecified atom stereocenters. The van der Waals surface area contributed by atoms with Crippen molar-refractivity contribution in [1.82, 2.24) is 10.2 Å². The van der Waals surface area contributed by atoms with Crippen molar-refractivity contribution in [2.45, 2.75) is 33.2 Å². The molecule has 0 aromatic heterocycles. The predicted molar refractivity (Wildman–Crippen MR) is 153 cm³/mol. The monoisotopic (exact) mass is 530 g/mol. The molecule has 0 radical (unpaired) electrons. The van der Waals surface area contributed by atoms with Gasteiger partial charge in [0.25, 0.3) is 0 Å². The molecule has 1 amide bonds. The van der Waals surface area contributed by atoms with E-state index in [1.807, 2.05) is 92.4 Å². The Morgan fingerprint density at radius 3 is 1.92 bits per heavy atom. The Labute approximate surface area is 226 Å². The van der Waals surface area contributed by atoms with Gasteiger partial charge in [-0.25, -0.2) is 0 Å². The molecule has 6 nitrogen and oxygen atoms in total. The molecule has 3 aromatic carbocycles. The largest absolute Gasteiger partial charge is 0.379 e. The maximum absolute atomic E-state index is 14.3. The highest BCUT2D eigenvalue weighted by molar-refractivity contribution is 7.88. The number of hydrogen-bond donors (Lipinski definition) is 1. The van der Waals surface area contributed by atoms with Crippen molar-refractivity contribution in [1.29, 1.82) is 0 Å². The van der Waals surface area contributed by atoms with Crippen LogP contribution in [-0.4, -0.2) is 61.5 Å². The zero-order valence-electron chi connectivity index (χ0n) is 22.5. The quantitative estimate of drug-likeness (QED) is 0.336. The first-order chi connectivity index (χ1) is 18.3. The Balaban J connectivity index is 1.74. The number of nitrogens with one attached hydrogen (secondary N) is 1. The smallest absolute Gasteiger partial charge is 0.237 e. The third-order valence-electron chi connectivity index (χ3n) is 7.11. The Morgan fingerprint density at radius 1 is 0.868 bits per heavy atom. The number of rotatable bonds is 9. The van der Waals surface area contributed by atoms with Gasteiger partial charge in [0, 0.05) is 45.6 Å². The summed E-state index contributed by atoms with van der Waals surface area (Å²) in [6.45, 7) is 7.97. The van der Waals surface area contributed by atoms with Gasteiger partial charge in [0.1, 0.15) is 0 Å². The van der Waals surface area contributed by atoms with Crippen LogP contribution in [0.3, 0.4) is 0 Å². The molecule has 1 aliphatic rings. The molecule has 0 aliphatic carbocycles. The van der Waals surface area contributed by atoms with Crippen molar-refractivity contribution in [2.75, 3.05) is 33.4 Å². The minimum absolute atomic E-state index is 0.0254. The van der Waals surface area contributed by atoms with Crippen LogP contribution in [0.4, 0.5) is 0 Å². The fourth-order valence-electron chi connectivity index (χ4n) is 5.31. The summed E-state index contributed by atoms with van der Waals surface area (Å²) in [5.74, 6) is -0.312. The van der Waals surface area contributed by atoms with Crippen molar-refractivity contribution in [3.8, 4) is 0 Å². The van der Waals surface area contributed by atoms with Crippen LogP contribution in [0.15, 0.2) is 66.7 Å². The Kier molecular flexibility index (Phi) is 9.22. The summed E-state index contributed by atoms with van der Waals surface area (Å²) in [7, 11) is 0.254. The number of ether oxygens (including phenoxy) is 1. The lowest BCUT2D eigenvalue weighted by Gasteiger charge is -2.33. The molecular formula is C31H35N2O4P. The molecule has 7 heteroatoms. The van der Waals surface area contributed by atoms with E-state index in [9.17, 15) is 14.4 Å². The zero-order chi connectivity index (χ0) is 27.2. The van der Waals surface area contributed by atoms with Crippen molar-refractivity contribution < 1.29 is 19.1 Å². The van der Waals surface area contributed by atoms with Gasteiger partial charge in [0.15, 0.2) is 11.3 Å². The number of carbonyl (C=O) groups is 3. The van der Waals surface area contributed by atoms with Gasteiger partial charge in [-0.05, 0) is 48.1 Å². The van der Waals surface area contributed by atoms with Crippen molar-refractivity contribution in [3.63, 3.8) is 0 Å². The van der Waals surface area contributed by atoms with Crippen LogP contribution in [0.5, 0.6) is 0 Å². The predicted octanol–water partition coefficient (Wildman–Crippen LogP) is 3.90. The van der Waals surface area contributed by atoms with Crippen molar-refractivity contribution in [3.05, 3.63) is 94.5 Å². The number of aryl methyl sites for hydroxylation is 2. The van der Waals surface area contributed by atoms with E-state index in [-0.39, 0.29) is 23.6 Å². The number of morpholine rings is 1. The summed E-state index contributed by atoms with van der Waals surface area (Å²) in [5.41, 5.74) is 3.53. The average Bonchev–Trinajstić information content (AvgIpc) is 2.93. The molecule has 1 N–H and O–H groups in total. The zero-order valence-corrected chi connectivity index (χ0v) is 23.4. The number of hydrogen-bond acceptors (Lipinski definition) is 5. The van der Waals surface area contributed by atoms with E-state index >= 15 is 0 Å². The maximum Gasteiger partial charge on any atom is 0.237 e. The average molecular weight is 531 g/mol. The first-order valence-corrected chi connectivity index (χ1v) is 14.3. The molecule has 38 heavy (non-hydrogen) atoms. The van der Waals surface area contributed by atoms with E-state index in [2.05, 4.69) is 5.32 Å². The number of nitrogens with zero attached hydrogens (tertiary/aromatic N) is 1. The second kappa shape index (κ2) is 12.6. The Bertz CT molecular complexity index is 1260. The summed E-state index contributed by atoms with van der Waals surface area (Å²) < 4.78 is 5.45. The van der Waals surface area contributed by atoms with E-state index in [1.165, 1.54) is 0 Å². The molecule has 1 heterocycles. The van der Waals surface area contributed by atoms with Crippen molar-refractivity contribution in [2.24, 2.45) is 0 Å². The number of ketones is 1. The summed E-state index contributed by atoms with van der Waals surface area (Å²) >= 11 is 0. The summed E-state index contributed by atoms with van der Waals surface area (Å²) in [4.78, 5) is 42.9. The summed E-state index contributed by atoms with van der Waals surface area (Å²) in [6, 6.07) is 21.0. The van der Waals surface area contributed by atoms with E-state index in [4.69, 9.17) is 4.74 Å². The third-order valence-corrected chi connectivity index (χ3v) is 9.37. The minimum atomic E-state index is -1.34. The number of likely N-dealkylation sites (N-methyl/N-ethyl adjacent to an activating group) is 1. The highest BCUT2D eigenvalue weighted by Gasteiger charge is 2.32. The lowest BCUT2D eigenvalue weighted by atomic mass is 9.89. The van der Waals surface area contributed by atoms with Gasteiger partial charge >= 0.3 is 0 Å². The van der Waals surface area contributed by atoms with Gasteiger partial charge in [-0.3, -0.25) is 19.3 Å². The van der Waals surface area contributed by atoms with Gasteiger partial charge in [-0.1, -0.05) is 66.7 Å². The first-order valence-electron chi connectivity index (χ1n) is 13.0. The van der Waals surface area contributed by atoms with Gasteiger partial charge in [0.2, 0.25) is 5.91 Å². The fraction of sp³-hybridized carbons (Fsp3) is 0.323. The molecule has 0 spiro atoms. The molecule has 1 saturated heterocycles. The van der Waals surface area contributed by atoms with E-state index in [0.29, 0.717) is 43.0 Å². The SMILES string of the molecule is CNC(=O)C(CC(=O)c1c(C)cc(C)c(C(=O)P(c2ccccc2)c2ccccc2)c1C)N1CCOCC1. The molecular weight excluding hydrogens is 495 g/mol. The molecule has 0 bridgehead atoms. The second-order valence-electron chi connectivity index (χ2n) is 9.60. The lowest BCUT2D eigenvalue weighted by Crippen LogP contribution is -2.51. The van der Waals surface area contributed by atoms with E-state index in [1.54, 1.807) is 7.05 Å². The number of Topliss-reactive ketones (excluding diaryl/α,β-unsaturated/α-hetero) is 1. The standard InChI is InChI=1S/C31H35N2O4P/c1-21-19-22(2)29(31(36)38(24-11-7-5-8-12-24)25-13-9-6-10-14-25)23(3)28(21)27(34)20-26(30(35)32-4)33-15-17-37-18-16-33/h5-14,19,26H,15-18,20H2,1-4H3,(H,32,35). The van der Waals surface area contributed by atoms with Crippen LogP contribution in [0.25, 0.3) is 0 Å². The van der Waals surface area contributed by atoms with Gasteiger partial charge in [-0.2, -0.15) is 0 Å². The van der Waals surface area contributed by atoms with Crippen LogP contribution < -0.4 is 15.9 Å². The Morgan fingerprint density at radius 2 is 1.39 bits per heavy atom. The highest BCUT2D eigenvalue weighted by Crippen LogP contribution is 2.40. The molecule has 0 saturated carbocycles. The number of carbonyl (C=O) groups excluding carboxylic acids is 3. The molecule has 1 fully saturated rings. The summed E-state index contributed by atoms with van der Waals surface area (Å²) in [6.07, 6.45) is 0.0458.